The van der Waals surface area contributed by atoms with Gasteiger partial charge in [-0.2, -0.15) is 0 Å². The molecule has 0 amide bonds. The number of hydrogen-bond donors (Lipinski definition) is 1. The lowest BCUT2D eigenvalue weighted by Gasteiger charge is -2.22. The average Bonchev–Trinajstić information content (AvgIpc) is 2.42. The Labute approximate surface area is 122 Å². The van der Waals surface area contributed by atoms with E-state index >= 15 is 0 Å². The maximum Gasteiger partial charge on any atom is 0.0101 e. The highest BCUT2D eigenvalue weighted by molar-refractivity contribution is 7.99. The van der Waals surface area contributed by atoms with Gasteiger partial charge in [-0.3, -0.25) is 0 Å². The Morgan fingerprint density at radius 2 is 1.95 bits per heavy atom. The Bertz CT molecular complexity index is 383. The van der Waals surface area contributed by atoms with Gasteiger partial charge in [-0.05, 0) is 57.0 Å². The van der Waals surface area contributed by atoms with Crippen LogP contribution in [0.15, 0.2) is 23.1 Å². The first-order valence-corrected chi connectivity index (χ1v) is 8.68. The Morgan fingerprint density at radius 1 is 1.16 bits per heavy atom. The topological polar surface area (TPSA) is 12.0 Å². The highest BCUT2D eigenvalue weighted by Crippen LogP contribution is 2.23. The van der Waals surface area contributed by atoms with Crippen molar-refractivity contribution in [3.05, 3.63) is 29.3 Å². The summed E-state index contributed by atoms with van der Waals surface area (Å²) in [5.74, 6) is 1.23. The van der Waals surface area contributed by atoms with Crippen LogP contribution in [0.4, 0.5) is 0 Å². The van der Waals surface area contributed by atoms with Crippen LogP contribution in [0.25, 0.3) is 0 Å². The Balaban J connectivity index is 1.61. The summed E-state index contributed by atoms with van der Waals surface area (Å²) in [5, 5.41) is 3.72. The van der Waals surface area contributed by atoms with Crippen molar-refractivity contribution in [3.8, 4) is 0 Å². The average molecular weight is 277 g/mol. The molecule has 106 valence electrons. The fourth-order valence-electron chi connectivity index (χ4n) is 2.83. The van der Waals surface area contributed by atoms with Crippen LogP contribution in [0, 0.1) is 13.8 Å². The van der Waals surface area contributed by atoms with Crippen molar-refractivity contribution >= 4 is 11.8 Å². The number of benzene rings is 1. The van der Waals surface area contributed by atoms with Gasteiger partial charge in [-0.1, -0.05) is 37.0 Å². The van der Waals surface area contributed by atoms with Crippen LogP contribution in [-0.2, 0) is 0 Å². The molecule has 0 aliphatic heterocycles. The van der Waals surface area contributed by atoms with E-state index in [1.54, 1.807) is 0 Å². The van der Waals surface area contributed by atoms with Gasteiger partial charge >= 0.3 is 0 Å². The molecule has 0 spiro atoms. The Kier molecular flexibility index (Phi) is 6.25. The molecule has 1 saturated carbocycles. The Hall–Kier alpha value is -0.470. The first-order chi connectivity index (χ1) is 9.25. The summed E-state index contributed by atoms with van der Waals surface area (Å²) in [6.45, 7) is 5.56. The molecule has 1 aliphatic carbocycles. The minimum absolute atomic E-state index is 0.805. The molecular weight excluding hydrogens is 250 g/mol. The van der Waals surface area contributed by atoms with Gasteiger partial charge in [-0.15, -0.1) is 11.8 Å². The molecule has 1 aliphatic rings. The van der Waals surface area contributed by atoms with E-state index in [4.69, 9.17) is 0 Å². The molecule has 0 atom stereocenters. The van der Waals surface area contributed by atoms with Crippen molar-refractivity contribution in [1.29, 1.82) is 0 Å². The van der Waals surface area contributed by atoms with Crippen LogP contribution in [0.3, 0.4) is 0 Å². The first-order valence-electron chi connectivity index (χ1n) is 7.69. The SMILES string of the molecule is Cc1ccc(SCCCNC2CCCCC2)c(C)c1. The molecule has 1 aromatic carbocycles. The van der Waals surface area contributed by atoms with Crippen LogP contribution in [0.2, 0.25) is 0 Å². The highest BCUT2D eigenvalue weighted by atomic mass is 32.2. The highest BCUT2D eigenvalue weighted by Gasteiger charge is 2.11. The standard InChI is InChI=1S/C17H27NS/c1-14-9-10-17(15(2)13-14)19-12-6-11-18-16-7-4-3-5-8-16/h9-10,13,16,18H,3-8,11-12H2,1-2H3. The van der Waals surface area contributed by atoms with Crippen LogP contribution < -0.4 is 5.32 Å². The van der Waals surface area contributed by atoms with Crippen LogP contribution in [0.5, 0.6) is 0 Å². The maximum absolute atomic E-state index is 3.72. The molecule has 0 bridgehead atoms. The van der Waals surface area contributed by atoms with Crippen molar-refractivity contribution in [1.82, 2.24) is 5.32 Å². The molecule has 1 N–H and O–H groups in total. The third kappa shape index (κ3) is 5.19. The number of aryl methyl sites for hydroxylation is 2. The largest absolute Gasteiger partial charge is 0.314 e. The van der Waals surface area contributed by atoms with Crippen LogP contribution in [-0.4, -0.2) is 18.3 Å². The quantitative estimate of drug-likeness (QED) is 0.597. The van der Waals surface area contributed by atoms with E-state index in [0.29, 0.717) is 0 Å². The van der Waals surface area contributed by atoms with Gasteiger partial charge < -0.3 is 5.32 Å². The van der Waals surface area contributed by atoms with E-state index in [0.717, 1.165) is 6.04 Å². The van der Waals surface area contributed by atoms with Gasteiger partial charge in [0.1, 0.15) is 0 Å². The number of hydrogen-bond acceptors (Lipinski definition) is 2. The van der Waals surface area contributed by atoms with Gasteiger partial charge in [0, 0.05) is 10.9 Å². The molecule has 0 heterocycles. The molecule has 19 heavy (non-hydrogen) atoms. The lowest BCUT2D eigenvalue weighted by Crippen LogP contribution is -2.31. The van der Waals surface area contributed by atoms with E-state index in [1.165, 1.54) is 66.8 Å². The molecule has 0 unspecified atom stereocenters. The molecule has 0 saturated heterocycles. The Morgan fingerprint density at radius 3 is 2.68 bits per heavy atom. The lowest BCUT2D eigenvalue weighted by atomic mass is 9.95. The predicted octanol–water partition coefficient (Wildman–Crippen LogP) is 4.71. The minimum atomic E-state index is 0.805. The van der Waals surface area contributed by atoms with Crippen molar-refractivity contribution in [2.24, 2.45) is 0 Å². The second-order valence-corrected chi connectivity index (χ2v) is 6.90. The van der Waals surface area contributed by atoms with E-state index < -0.39 is 0 Å². The minimum Gasteiger partial charge on any atom is -0.314 e. The monoisotopic (exact) mass is 277 g/mol. The van der Waals surface area contributed by atoms with E-state index in [9.17, 15) is 0 Å². The summed E-state index contributed by atoms with van der Waals surface area (Å²) in [4.78, 5) is 1.45. The molecule has 2 heteroatoms. The number of thioether (sulfide) groups is 1. The second kappa shape index (κ2) is 7.96. The summed E-state index contributed by atoms with van der Waals surface area (Å²) >= 11 is 2.00. The van der Waals surface area contributed by atoms with Gasteiger partial charge in [0.25, 0.3) is 0 Å². The predicted molar refractivity (Wildman–Crippen MR) is 86.1 cm³/mol. The first kappa shape index (κ1) is 14.9. The molecule has 1 aromatic rings. The van der Waals surface area contributed by atoms with Crippen molar-refractivity contribution in [2.75, 3.05) is 12.3 Å². The van der Waals surface area contributed by atoms with Crippen LogP contribution >= 0.6 is 11.8 Å². The van der Waals surface area contributed by atoms with E-state index in [1.807, 2.05) is 11.8 Å². The van der Waals surface area contributed by atoms with Gasteiger partial charge in [-0.25, -0.2) is 0 Å². The zero-order valence-electron chi connectivity index (χ0n) is 12.4. The fraction of sp³-hybridized carbons (Fsp3) is 0.647. The van der Waals surface area contributed by atoms with Gasteiger partial charge in [0.15, 0.2) is 0 Å². The smallest absolute Gasteiger partial charge is 0.0101 e. The molecule has 0 radical (unpaired) electrons. The van der Waals surface area contributed by atoms with Crippen molar-refractivity contribution in [2.45, 2.75) is 63.3 Å². The molecule has 1 nitrogen and oxygen atoms in total. The normalized spacial score (nSPS) is 16.7. The number of nitrogens with one attached hydrogen (secondary N) is 1. The molecular formula is C17H27NS. The fourth-order valence-corrected chi connectivity index (χ4v) is 3.79. The third-order valence-electron chi connectivity index (χ3n) is 3.95. The van der Waals surface area contributed by atoms with E-state index in [-0.39, 0.29) is 0 Å². The molecule has 0 aromatic heterocycles. The van der Waals surface area contributed by atoms with Crippen LogP contribution in [0.1, 0.15) is 49.7 Å². The van der Waals surface area contributed by atoms with E-state index in [2.05, 4.69) is 37.4 Å². The second-order valence-electron chi connectivity index (χ2n) is 5.76. The summed E-state index contributed by atoms with van der Waals surface area (Å²) < 4.78 is 0. The van der Waals surface area contributed by atoms with Crippen molar-refractivity contribution < 1.29 is 0 Å². The third-order valence-corrected chi connectivity index (χ3v) is 5.21. The summed E-state index contributed by atoms with van der Waals surface area (Å²) in [5.41, 5.74) is 2.78. The molecule has 2 rings (SSSR count). The van der Waals surface area contributed by atoms with Crippen molar-refractivity contribution in [3.63, 3.8) is 0 Å². The maximum atomic E-state index is 3.72. The summed E-state index contributed by atoms with van der Waals surface area (Å²) in [6.07, 6.45) is 8.35. The summed E-state index contributed by atoms with van der Waals surface area (Å²) in [6, 6.07) is 7.57. The lowest BCUT2D eigenvalue weighted by molar-refractivity contribution is 0.375. The number of rotatable bonds is 6. The van der Waals surface area contributed by atoms with Gasteiger partial charge in [0.05, 0.1) is 0 Å². The molecule has 1 fully saturated rings. The summed E-state index contributed by atoms with van der Waals surface area (Å²) in [7, 11) is 0. The zero-order valence-corrected chi connectivity index (χ0v) is 13.2. The van der Waals surface area contributed by atoms with Gasteiger partial charge in [0.2, 0.25) is 0 Å². The zero-order chi connectivity index (χ0) is 13.5.